The van der Waals surface area contributed by atoms with Gasteiger partial charge in [0, 0.05) is 50.1 Å². The van der Waals surface area contributed by atoms with E-state index in [-0.39, 0.29) is 62.4 Å². The minimum Gasteiger partial charge on any atom is -0.674 e. The van der Waals surface area contributed by atoms with Gasteiger partial charge in [-0.25, -0.2) is 0 Å². The average molecular weight is 456 g/mol. The number of hydrogen-bond acceptors (Lipinski definition) is 3. The fourth-order valence-corrected chi connectivity index (χ4v) is 2.47. The van der Waals surface area contributed by atoms with Gasteiger partial charge in [0.05, 0.1) is 12.0 Å². The molecule has 0 aliphatic heterocycles. The van der Waals surface area contributed by atoms with Crippen molar-refractivity contribution in [3.63, 3.8) is 0 Å². The largest absolute Gasteiger partial charge is 0.674 e. The minimum absolute atomic E-state index is 0. The third-order valence-corrected chi connectivity index (χ3v) is 3.82. The molecule has 97 valence electrons. The zero-order chi connectivity index (χ0) is 12.5. The molecule has 1 saturated carbocycles. The Hall–Kier alpha value is 0.792. The number of nitrogens with one attached hydrogen (secondary N) is 1. The molecule has 0 saturated heterocycles. The zero-order valence-corrected chi connectivity index (χ0v) is 15.1. The molecule has 1 aliphatic carbocycles. The van der Waals surface area contributed by atoms with Crippen LogP contribution < -0.4 is 5.73 Å². The van der Waals surface area contributed by atoms with Crippen LogP contribution in [0.15, 0.2) is 0 Å². The number of rotatable bonds is 4. The van der Waals surface area contributed by atoms with Crippen molar-refractivity contribution in [2.75, 3.05) is 0 Å². The Morgan fingerprint density at radius 3 is 2.47 bits per heavy atom. The SMILES string of the molecule is CCC(C)C([NH-])C1C(N)CC(C(=O)O)C1O.[Ac]. The maximum absolute atomic E-state index is 10.9. The molecule has 0 bridgehead atoms. The predicted octanol–water partition coefficient (Wildman–Crippen LogP) is 0.862. The number of carbonyl (C=O) groups is 1. The van der Waals surface area contributed by atoms with E-state index in [0.29, 0.717) is 0 Å². The Morgan fingerprint density at radius 2 is 2.12 bits per heavy atom. The molecule has 0 amide bonds. The molecule has 0 aromatic rings. The van der Waals surface area contributed by atoms with Crippen LogP contribution in [0.3, 0.4) is 0 Å². The minimum atomic E-state index is -1.01. The smallest absolute Gasteiger partial charge is 0.309 e. The second-order valence-corrected chi connectivity index (χ2v) is 4.82. The van der Waals surface area contributed by atoms with Gasteiger partial charge in [0.25, 0.3) is 0 Å². The van der Waals surface area contributed by atoms with Crippen LogP contribution in [0.1, 0.15) is 26.7 Å². The van der Waals surface area contributed by atoms with Crippen molar-refractivity contribution in [1.29, 1.82) is 0 Å². The molecular weight excluding hydrogens is 435 g/mol. The summed E-state index contributed by atoms with van der Waals surface area (Å²) in [7, 11) is 0. The standard InChI is InChI=1S/C11H21N2O3.Ac/c1-3-5(2)9(13)8-7(12)4-6(10(8)14)11(15)16;/h5-10,13-14H,3-4,12H2,1-2H3,(H,15,16);/q-1;. The second kappa shape index (κ2) is 7.40. The van der Waals surface area contributed by atoms with Crippen molar-refractivity contribution < 1.29 is 59.1 Å². The van der Waals surface area contributed by atoms with Crippen molar-refractivity contribution in [2.24, 2.45) is 23.5 Å². The fraction of sp³-hybridized carbons (Fsp3) is 0.909. The first-order valence-electron chi connectivity index (χ1n) is 5.77. The fourth-order valence-electron chi connectivity index (χ4n) is 2.47. The summed E-state index contributed by atoms with van der Waals surface area (Å²) in [4.78, 5) is 10.9. The number of aliphatic hydroxyl groups excluding tert-OH is 1. The summed E-state index contributed by atoms with van der Waals surface area (Å²) in [6.45, 7) is 3.92. The van der Waals surface area contributed by atoms with Gasteiger partial charge in [-0.3, -0.25) is 4.79 Å². The first-order valence-corrected chi connectivity index (χ1v) is 5.77. The molecule has 1 radical (unpaired) electrons. The van der Waals surface area contributed by atoms with Crippen molar-refractivity contribution >= 4 is 5.97 Å². The molecule has 6 unspecified atom stereocenters. The number of nitrogens with two attached hydrogens (primary N) is 1. The van der Waals surface area contributed by atoms with Gasteiger partial charge in [-0.05, 0) is 12.3 Å². The molecule has 5 N–H and O–H groups in total. The van der Waals surface area contributed by atoms with E-state index in [2.05, 4.69) is 0 Å². The van der Waals surface area contributed by atoms with Crippen LogP contribution in [-0.4, -0.2) is 34.4 Å². The Morgan fingerprint density at radius 1 is 1.59 bits per heavy atom. The van der Waals surface area contributed by atoms with E-state index in [0.717, 1.165) is 6.42 Å². The molecule has 1 rings (SSSR count). The van der Waals surface area contributed by atoms with Gasteiger partial charge in [0.1, 0.15) is 0 Å². The summed E-state index contributed by atoms with van der Waals surface area (Å²) < 4.78 is 0. The maximum Gasteiger partial charge on any atom is 0.309 e. The van der Waals surface area contributed by atoms with Gasteiger partial charge in [-0.1, -0.05) is 26.2 Å². The first kappa shape index (κ1) is 17.8. The molecular formula is C11H21AcN2O3-. The van der Waals surface area contributed by atoms with Crippen LogP contribution in [-0.2, 0) is 4.79 Å². The third-order valence-electron chi connectivity index (χ3n) is 3.82. The molecule has 5 nitrogen and oxygen atoms in total. The summed E-state index contributed by atoms with van der Waals surface area (Å²) in [5.41, 5.74) is 13.9. The van der Waals surface area contributed by atoms with E-state index < -0.39 is 30.0 Å². The summed E-state index contributed by atoms with van der Waals surface area (Å²) in [5.74, 6) is -2.12. The van der Waals surface area contributed by atoms with Crippen molar-refractivity contribution in [3.05, 3.63) is 5.73 Å². The van der Waals surface area contributed by atoms with Crippen LogP contribution in [0.5, 0.6) is 0 Å². The maximum atomic E-state index is 10.9. The topological polar surface area (TPSA) is 107 Å². The molecule has 1 fully saturated rings. The van der Waals surface area contributed by atoms with Crippen LogP contribution in [0.4, 0.5) is 0 Å². The number of carboxylic acid groups (broad SMARTS) is 1. The summed E-state index contributed by atoms with van der Waals surface area (Å²) in [5, 5.41) is 18.8. The molecule has 0 heterocycles. The average Bonchev–Trinajstić information content (AvgIpc) is 2.52. The van der Waals surface area contributed by atoms with E-state index in [9.17, 15) is 9.90 Å². The van der Waals surface area contributed by atoms with Crippen molar-refractivity contribution in [3.8, 4) is 0 Å². The van der Waals surface area contributed by atoms with Crippen LogP contribution in [0.25, 0.3) is 5.73 Å². The quantitative estimate of drug-likeness (QED) is 0.584. The van der Waals surface area contributed by atoms with Crippen LogP contribution >= 0.6 is 0 Å². The van der Waals surface area contributed by atoms with E-state index in [1.54, 1.807) is 0 Å². The summed E-state index contributed by atoms with van der Waals surface area (Å²) in [6, 6.07) is -0.869. The van der Waals surface area contributed by atoms with Crippen LogP contribution in [0, 0.1) is 61.8 Å². The van der Waals surface area contributed by atoms with E-state index in [1.165, 1.54) is 0 Å². The van der Waals surface area contributed by atoms with E-state index >= 15 is 0 Å². The predicted molar refractivity (Wildman–Crippen MR) is 60.8 cm³/mol. The number of carboxylic acids is 1. The van der Waals surface area contributed by atoms with Gasteiger partial charge < -0.3 is 21.7 Å². The van der Waals surface area contributed by atoms with Crippen molar-refractivity contribution in [2.45, 2.75) is 44.9 Å². The molecule has 17 heavy (non-hydrogen) atoms. The number of aliphatic carboxylic acids is 1. The van der Waals surface area contributed by atoms with Gasteiger partial charge in [-0.2, -0.15) is 0 Å². The monoisotopic (exact) mass is 456 g/mol. The number of aliphatic hydroxyl groups is 1. The van der Waals surface area contributed by atoms with E-state index in [1.807, 2.05) is 13.8 Å². The molecule has 0 aromatic heterocycles. The van der Waals surface area contributed by atoms with Gasteiger partial charge >= 0.3 is 5.97 Å². The molecule has 0 aromatic carbocycles. The second-order valence-electron chi connectivity index (χ2n) is 4.82. The Bertz CT molecular complexity index is 265. The Kier molecular flexibility index (Phi) is 7.74. The van der Waals surface area contributed by atoms with Gasteiger partial charge in [0.2, 0.25) is 0 Å². The zero-order valence-electron chi connectivity index (χ0n) is 10.3. The van der Waals surface area contributed by atoms with Crippen LogP contribution in [0.2, 0.25) is 0 Å². The Labute approximate surface area is 138 Å². The van der Waals surface area contributed by atoms with Gasteiger partial charge in [-0.15, -0.1) is 6.04 Å². The molecule has 1 aliphatic rings. The third kappa shape index (κ3) is 3.87. The van der Waals surface area contributed by atoms with E-state index in [4.69, 9.17) is 16.6 Å². The van der Waals surface area contributed by atoms with Gasteiger partial charge in [0.15, 0.2) is 0 Å². The molecule has 6 atom stereocenters. The first-order chi connectivity index (χ1) is 7.40. The molecule has 6 heteroatoms. The number of hydrogen-bond donors (Lipinski definition) is 3. The summed E-state index contributed by atoms with van der Waals surface area (Å²) >= 11 is 0. The normalized spacial score (nSPS) is 36.1. The Balaban J connectivity index is 0.00000256. The van der Waals surface area contributed by atoms with Crippen molar-refractivity contribution in [1.82, 2.24) is 0 Å². The molecule has 0 spiro atoms. The summed E-state index contributed by atoms with van der Waals surface area (Å²) in [6.07, 6.45) is 0.124.